The molecule has 318 valence electrons. The van der Waals surface area contributed by atoms with Crippen LogP contribution in [0.25, 0.3) is 0 Å². The fourth-order valence-electron chi connectivity index (χ4n) is 8.53. The minimum absolute atomic E-state index is 0.0194. The molecule has 3 heterocycles. The number of carbonyl (C=O) groups is 7. The summed E-state index contributed by atoms with van der Waals surface area (Å²) < 4.78 is 14.5. The molecule has 5 N–H and O–H groups in total. The second-order valence-corrected chi connectivity index (χ2v) is 16.8. The average molecular weight is 839 g/mol. The molecule has 0 radical (unpaired) electrons. The first-order valence-electron chi connectivity index (χ1n) is 19.9. The maximum Gasteiger partial charge on any atom is 0.319 e. The van der Waals surface area contributed by atoms with Gasteiger partial charge >= 0.3 is 6.03 Å². The van der Waals surface area contributed by atoms with E-state index in [1.807, 2.05) is 37.9 Å². The predicted octanol–water partition coefficient (Wildman–Crippen LogP) is 1.22. The van der Waals surface area contributed by atoms with E-state index in [4.69, 9.17) is 11.6 Å². The summed E-state index contributed by atoms with van der Waals surface area (Å²) in [4.78, 5) is 101. The van der Waals surface area contributed by atoms with Crippen molar-refractivity contribution in [3.63, 3.8) is 0 Å². The highest BCUT2D eigenvalue weighted by atomic mass is 35.5. The van der Waals surface area contributed by atoms with Crippen LogP contribution < -0.4 is 21.3 Å². The summed E-state index contributed by atoms with van der Waals surface area (Å²) in [7, 11) is 1.81. The maximum absolute atomic E-state index is 14.5. The van der Waals surface area contributed by atoms with Crippen molar-refractivity contribution in [1.82, 2.24) is 35.6 Å². The summed E-state index contributed by atoms with van der Waals surface area (Å²) in [5.41, 5.74) is 0.612. The Morgan fingerprint density at radius 1 is 0.949 bits per heavy atom. The lowest BCUT2D eigenvalue weighted by atomic mass is 10.0. The minimum atomic E-state index is -1.50. The molecule has 0 unspecified atom stereocenters. The SMILES string of the molecule is Cc1cccc(C[C@H](NC(=O)Nc2ccc(Cl)cc2F)C(=O)N[C@@H](CO)C(=O)N2CCC[C@H]2C(=O)N2CCN(C)C[C@H]2C(=O)N[C@@H](C)C(=O)N2C[C@H](C)C[C@@]23CC3=O)c1. The molecule has 18 heteroatoms. The number of halogens is 2. The minimum Gasteiger partial charge on any atom is -0.394 e. The molecule has 7 amide bonds. The summed E-state index contributed by atoms with van der Waals surface area (Å²) in [5.74, 6) is -3.53. The monoisotopic (exact) mass is 838 g/mol. The number of hydrogen-bond donors (Lipinski definition) is 5. The molecule has 4 aliphatic rings. The number of Topliss-reactive ketones (excluding diaryl/α,β-unsaturated/α-hetero) is 1. The van der Waals surface area contributed by atoms with Gasteiger partial charge in [0.05, 0.1) is 12.3 Å². The smallest absolute Gasteiger partial charge is 0.319 e. The van der Waals surface area contributed by atoms with Gasteiger partial charge in [0, 0.05) is 50.6 Å². The van der Waals surface area contributed by atoms with Crippen molar-refractivity contribution < 1.29 is 43.1 Å². The molecular weight excluding hydrogens is 787 g/mol. The van der Waals surface area contributed by atoms with Gasteiger partial charge in [-0.3, -0.25) is 28.8 Å². The van der Waals surface area contributed by atoms with Crippen molar-refractivity contribution in [2.75, 3.05) is 51.7 Å². The van der Waals surface area contributed by atoms with E-state index in [0.29, 0.717) is 37.9 Å². The van der Waals surface area contributed by atoms with Gasteiger partial charge < -0.3 is 46.0 Å². The molecular formula is C41H52ClFN8O8. The number of amides is 7. The van der Waals surface area contributed by atoms with Crippen LogP contribution in [0.3, 0.4) is 0 Å². The number of likely N-dealkylation sites (N-methyl/N-ethyl adjacent to an activating group) is 1. The van der Waals surface area contributed by atoms with Gasteiger partial charge in [0.25, 0.3) is 0 Å². The summed E-state index contributed by atoms with van der Waals surface area (Å²) in [5, 5.41) is 20.8. The lowest BCUT2D eigenvalue weighted by molar-refractivity contribution is -0.152. The molecule has 6 rings (SSSR count). The number of aryl methyl sites for hydroxylation is 1. The third-order valence-electron chi connectivity index (χ3n) is 11.7. The number of carbonyl (C=O) groups excluding carboxylic acids is 7. The third-order valence-corrected chi connectivity index (χ3v) is 11.9. The van der Waals surface area contributed by atoms with Crippen LogP contribution in [-0.2, 0) is 35.2 Å². The van der Waals surface area contributed by atoms with E-state index in [-0.39, 0.29) is 60.8 Å². The Bertz CT molecular complexity index is 2010. The molecule has 2 aromatic rings. The normalized spacial score (nSPS) is 24.4. The van der Waals surface area contributed by atoms with Gasteiger partial charge in [0.2, 0.25) is 29.5 Å². The molecule has 3 saturated heterocycles. The first-order valence-corrected chi connectivity index (χ1v) is 20.3. The van der Waals surface area contributed by atoms with E-state index in [9.17, 15) is 43.1 Å². The number of benzene rings is 2. The Labute approximate surface area is 347 Å². The van der Waals surface area contributed by atoms with Crippen LogP contribution in [-0.4, -0.2) is 148 Å². The molecule has 7 atom stereocenters. The second-order valence-electron chi connectivity index (χ2n) is 16.3. The van der Waals surface area contributed by atoms with Crippen LogP contribution in [0.4, 0.5) is 14.9 Å². The second kappa shape index (κ2) is 18.0. The topological polar surface area (TPSA) is 201 Å². The van der Waals surface area contributed by atoms with Crippen molar-refractivity contribution >= 4 is 58.6 Å². The number of hydrogen-bond acceptors (Lipinski definition) is 9. The Morgan fingerprint density at radius 2 is 1.69 bits per heavy atom. The van der Waals surface area contributed by atoms with Gasteiger partial charge in [-0.25, -0.2) is 9.18 Å². The zero-order valence-electron chi connectivity index (χ0n) is 33.6. The van der Waals surface area contributed by atoms with Crippen LogP contribution >= 0.6 is 11.6 Å². The molecule has 1 spiro atoms. The standard InChI is InChI=1S/C41H52ClFN8O8/c1-23-7-5-8-26(15-23)16-30(47-40(59)46-29-11-10-27(42)17-28(29)43)35(54)45-31(22-52)38(57)49-12-6-9-32(49)39(58)50-14-13-48(4)21-33(50)36(55)44-25(3)37(56)51-20-24(2)18-41(51)19-34(41)53/h5,7-8,10-11,15,17,24-25,30-33,52H,6,9,12-14,16,18-22H2,1-4H3,(H,44,55)(H,45,54)(H2,46,47,59)/t24-,25+,30+,31+,32+,33+,41+/m1/s1. The number of nitrogens with one attached hydrogen (secondary N) is 4. The summed E-state index contributed by atoms with van der Waals surface area (Å²) >= 11 is 5.84. The first kappa shape index (κ1) is 43.4. The molecule has 3 aliphatic heterocycles. The highest BCUT2D eigenvalue weighted by molar-refractivity contribution is 6.30. The quantitative estimate of drug-likeness (QED) is 0.209. The fourth-order valence-corrected chi connectivity index (χ4v) is 8.69. The lowest BCUT2D eigenvalue weighted by Gasteiger charge is -2.41. The Morgan fingerprint density at radius 3 is 2.37 bits per heavy atom. The summed E-state index contributed by atoms with van der Waals surface area (Å²) in [6.45, 7) is 5.94. The highest BCUT2D eigenvalue weighted by Gasteiger charge is 2.63. The van der Waals surface area contributed by atoms with E-state index in [1.165, 1.54) is 21.9 Å². The van der Waals surface area contributed by atoms with Gasteiger partial charge in [-0.1, -0.05) is 48.4 Å². The molecule has 0 bridgehead atoms. The zero-order valence-corrected chi connectivity index (χ0v) is 34.4. The number of piperazine rings is 1. The van der Waals surface area contributed by atoms with Crippen molar-refractivity contribution in [3.05, 3.63) is 64.4 Å². The number of aliphatic hydroxyl groups is 1. The van der Waals surface area contributed by atoms with E-state index in [2.05, 4.69) is 21.3 Å². The van der Waals surface area contributed by atoms with Gasteiger partial charge in [0.15, 0.2) is 5.78 Å². The fraction of sp³-hybridized carbons (Fsp3) is 0.537. The number of urea groups is 1. The molecule has 59 heavy (non-hydrogen) atoms. The third kappa shape index (κ3) is 9.68. The van der Waals surface area contributed by atoms with Gasteiger partial charge in [0.1, 0.15) is 41.6 Å². The maximum atomic E-state index is 14.5. The number of nitrogens with zero attached hydrogens (tertiary/aromatic N) is 4. The van der Waals surface area contributed by atoms with Crippen LogP contribution in [0.15, 0.2) is 42.5 Å². The number of likely N-dealkylation sites (tertiary alicyclic amines) is 2. The van der Waals surface area contributed by atoms with Crippen LogP contribution in [0.2, 0.25) is 5.02 Å². The van der Waals surface area contributed by atoms with Crippen molar-refractivity contribution in [1.29, 1.82) is 0 Å². The number of rotatable bonds is 12. The Kier molecular flexibility index (Phi) is 13.3. The van der Waals surface area contributed by atoms with E-state index in [1.54, 1.807) is 24.0 Å². The van der Waals surface area contributed by atoms with Gasteiger partial charge in [-0.15, -0.1) is 0 Å². The summed E-state index contributed by atoms with van der Waals surface area (Å²) in [6.07, 6.45) is 1.61. The van der Waals surface area contributed by atoms with Gasteiger partial charge in [-0.05, 0) is 69.8 Å². The number of anilines is 1. The van der Waals surface area contributed by atoms with Crippen LogP contribution in [0.1, 0.15) is 50.7 Å². The number of aliphatic hydroxyl groups excluding tert-OH is 1. The first-order chi connectivity index (χ1) is 28.0. The zero-order chi connectivity index (χ0) is 42.8. The van der Waals surface area contributed by atoms with E-state index in [0.717, 1.165) is 11.6 Å². The predicted molar refractivity (Wildman–Crippen MR) is 214 cm³/mol. The van der Waals surface area contributed by atoms with Crippen molar-refractivity contribution in [2.45, 2.75) is 88.6 Å². The lowest BCUT2D eigenvalue weighted by Crippen LogP contribution is -2.65. The highest BCUT2D eigenvalue weighted by Crippen LogP contribution is 2.48. The Balaban J connectivity index is 1.13. The van der Waals surface area contributed by atoms with Crippen molar-refractivity contribution in [2.24, 2.45) is 5.92 Å². The Hall–Kier alpha value is -5.13. The summed E-state index contributed by atoms with van der Waals surface area (Å²) in [6, 6.07) is 4.25. The van der Waals surface area contributed by atoms with Gasteiger partial charge in [-0.2, -0.15) is 0 Å². The van der Waals surface area contributed by atoms with Crippen molar-refractivity contribution in [3.8, 4) is 0 Å². The largest absolute Gasteiger partial charge is 0.394 e. The molecule has 0 aromatic heterocycles. The number of ketones is 1. The molecule has 16 nitrogen and oxygen atoms in total. The molecule has 1 aliphatic carbocycles. The molecule has 4 fully saturated rings. The van der Waals surface area contributed by atoms with Crippen LogP contribution in [0, 0.1) is 18.7 Å². The van der Waals surface area contributed by atoms with E-state index < -0.39 is 77.8 Å². The average Bonchev–Trinajstić information content (AvgIpc) is 3.46. The molecule has 2 aromatic carbocycles. The van der Waals surface area contributed by atoms with Crippen LogP contribution in [0.5, 0.6) is 0 Å². The van der Waals surface area contributed by atoms with E-state index >= 15 is 0 Å². The molecule has 1 saturated carbocycles.